The third-order valence-electron chi connectivity index (χ3n) is 5.00. The molecule has 21 heavy (non-hydrogen) atoms. The first-order chi connectivity index (χ1) is 10.1. The van der Waals surface area contributed by atoms with Crippen LogP contribution in [0, 0.1) is 11.7 Å². The lowest BCUT2D eigenvalue weighted by atomic mass is 9.72. The van der Waals surface area contributed by atoms with Crippen molar-refractivity contribution in [3.63, 3.8) is 0 Å². The second kappa shape index (κ2) is 7.37. The Morgan fingerprint density at radius 2 is 1.95 bits per heavy atom. The number of hydrogen-bond acceptors (Lipinski definition) is 2. The second-order valence-electron chi connectivity index (χ2n) is 6.30. The van der Waals surface area contributed by atoms with Crippen LogP contribution in [0.15, 0.2) is 24.3 Å². The van der Waals surface area contributed by atoms with E-state index in [1.807, 2.05) is 6.07 Å². The summed E-state index contributed by atoms with van der Waals surface area (Å²) in [6.45, 7) is 7.23. The van der Waals surface area contributed by atoms with Gasteiger partial charge in [-0.2, -0.15) is 0 Å². The minimum Gasteiger partial charge on any atom is -0.389 e. The van der Waals surface area contributed by atoms with E-state index in [9.17, 15) is 9.50 Å². The molecule has 0 spiro atoms. The SMILES string of the molecule is CCN(CC)CC1CCCCC1(O)Cc1ccccc1F. The smallest absolute Gasteiger partial charge is 0.126 e. The Balaban J connectivity index is 2.13. The fourth-order valence-corrected chi connectivity index (χ4v) is 3.55. The lowest BCUT2D eigenvalue weighted by Gasteiger charge is -2.42. The van der Waals surface area contributed by atoms with Gasteiger partial charge in [0.25, 0.3) is 0 Å². The van der Waals surface area contributed by atoms with Crippen LogP contribution in [0.4, 0.5) is 4.39 Å². The molecule has 0 amide bonds. The molecule has 1 saturated carbocycles. The summed E-state index contributed by atoms with van der Waals surface area (Å²) in [5.41, 5.74) is -0.116. The van der Waals surface area contributed by atoms with Crippen molar-refractivity contribution in [1.82, 2.24) is 4.90 Å². The van der Waals surface area contributed by atoms with E-state index in [0.717, 1.165) is 38.9 Å². The molecule has 0 saturated heterocycles. The van der Waals surface area contributed by atoms with Gasteiger partial charge in [0.1, 0.15) is 5.82 Å². The van der Waals surface area contributed by atoms with Gasteiger partial charge in [-0.15, -0.1) is 0 Å². The van der Waals surface area contributed by atoms with Crippen molar-refractivity contribution in [1.29, 1.82) is 0 Å². The van der Waals surface area contributed by atoms with E-state index in [1.54, 1.807) is 12.1 Å². The Hall–Kier alpha value is -0.930. The maximum Gasteiger partial charge on any atom is 0.126 e. The lowest BCUT2D eigenvalue weighted by molar-refractivity contribution is -0.0588. The van der Waals surface area contributed by atoms with E-state index >= 15 is 0 Å². The Bertz CT molecular complexity index is 447. The Kier molecular flexibility index (Phi) is 5.77. The molecule has 0 aromatic heterocycles. The Labute approximate surface area is 128 Å². The lowest BCUT2D eigenvalue weighted by Crippen LogP contribution is -2.48. The van der Waals surface area contributed by atoms with E-state index in [2.05, 4.69) is 18.7 Å². The second-order valence-corrected chi connectivity index (χ2v) is 6.30. The maximum absolute atomic E-state index is 13.9. The fraction of sp³-hybridized carbons (Fsp3) is 0.667. The van der Waals surface area contributed by atoms with E-state index in [0.29, 0.717) is 12.0 Å². The Morgan fingerprint density at radius 3 is 2.62 bits per heavy atom. The zero-order valence-electron chi connectivity index (χ0n) is 13.3. The predicted octanol–water partition coefficient (Wildman–Crippen LogP) is 3.63. The van der Waals surface area contributed by atoms with Gasteiger partial charge >= 0.3 is 0 Å². The van der Waals surface area contributed by atoms with Crippen molar-refractivity contribution in [2.75, 3.05) is 19.6 Å². The maximum atomic E-state index is 13.9. The summed E-state index contributed by atoms with van der Waals surface area (Å²) in [4.78, 5) is 2.36. The van der Waals surface area contributed by atoms with Gasteiger partial charge in [0.2, 0.25) is 0 Å². The van der Waals surface area contributed by atoms with Gasteiger partial charge in [0.15, 0.2) is 0 Å². The molecule has 1 aliphatic rings. The molecular weight excluding hydrogens is 265 g/mol. The minimum absolute atomic E-state index is 0.196. The topological polar surface area (TPSA) is 23.5 Å². The highest BCUT2D eigenvalue weighted by Crippen LogP contribution is 2.37. The summed E-state index contributed by atoms with van der Waals surface area (Å²) in [6.07, 6.45) is 4.48. The average Bonchev–Trinajstić information content (AvgIpc) is 2.49. The van der Waals surface area contributed by atoms with Gasteiger partial charge in [0.05, 0.1) is 5.60 Å². The molecule has 0 radical (unpaired) electrons. The first-order valence-corrected chi connectivity index (χ1v) is 8.27. The molecule has 2 nitrogen and oxygen atoms in total. The summed E-state index contributed by atoms with van der Waals surface area (Å²) in [6, 6.07) is 6.85. The minimum atomic E-state index is -0.761. The van der Waals surface area contributed by atoms with Crippen molar-refractivity contribution < 1.29 is 9.50 Å². The first-order valence-electron chi connectivity index (χ1n) is 8.27. The molecule has 3 heteroatoms. The molecule has 2 unspecified atom stereocenters. The third-order valence-corrected chi connectivity index (χ3v) is 5.00. The quantitative estimate of drug-likeness (QED) is 0.865. The van der Waals surface area contributed by atoms with Gasteiger partial charge in [-0.3, -0.25) is 0 Å². The van der Waals surface area contributed by atoms with Crippen molar-refractivity contribution >= 4 is 0 Å². The van der Waals surface area contributed by atoms with Gasteiger partial charge in [-0.05, 0) is 37.6 Å². The van der Waals surface area contributed by atoms with Crippen molar-refractivity contribution in [3.05, 3.63) is 35.6 Å². The number of hydrogen-bond donors (Lipinski definition) is 1. The predicted molar refractivity (Wildman–Crippen MR) is 84.8 cm³/mol. The van der Waals surface area contributed by atoms with Gasteiger partial charge in [-0.1, -0.05) is 44.9 Å². The van der Waals surface area contributed by atoms with Crippen LogP contribution in [0.25, 0.3) is 0 Å². The van der Waals surface area contributed by atoms with Crippen LogP contribution in [-0.2, 0) is 6.42 Å². The van der Waals surface area contributed by atoms with Crippen LogP contribution < -0.4 is 0 Å². The summed E-state index contributed by atoms with van der Waals surface area (Å²) in [5, 5.41) is 11.2. The van der Waals surface area contributed by atoms with Crippen LogP contribution in [0.3, 0.4) is 0 Å². The van der Waals surface area contributed by atoms with Gasteiger partial charge < -0.3 is 10.0 Å². The molecule has 1 fully saturated rings. The molecule has 2 atom stereocenters. The number of nitrogens with zero attached hydrogens (tertiary/aromatic N) is 1. The van der Waals surface area contributed by atoms with Crippen LogP contribution >= 0.6 is 0 Å². The zero-order chi connectivity index (χ0) is 15.3. The molecule has 118 valence electrons. The molecule has 2 rings (SSSR count). The standard InChI is InChI=1S/C18H28FNO/c1-3-20(4-2)14-16-10-7-8-12-18(16,21)13-15-9-5-6-11-17(15)19/h5-6,9,11,16,21H,3-4,7-8,10,12-14H2,1-2H3. The molecule has 0 aliphatic heterocycles. The molecule has 1 aromatic carbocycles. The zero-order valence-corrected chi connectivity index (χ0v) is 13.3. The normalized spacial score (nSPS) is 26.2. The third kappa shape index (κ3) is 4.04. The molecular formula is C18H28FNO. The summed E-state index contributed by atoms with van der Waals surface area (Å²) < 4.78 is 13.9. The van der Waals surface area contributed by atoms with E-state index in [4.69, 9.17) is 0 Å². The molecule has 1 aromatic rings. The van der Waals surface area contributed by atoms with Crippen LogP contribution in [0.5, 0.6) is 0 Å². The van der Waals surface area contributed by atoms with Crippen molar-refractivity contribution in [3.8, 4) is 0 Å². The van der Waals surface area contributed by atoms with Crippen LogP contribution in [0.2, 0.25) is 0 Å². The van der Waals surface area contributed by atoms with Gasteiger partial charge in [0, 0.05) is 18.9 Å². The van der Waals surface area contributed by atoms with Gasteiger partial charge in [-0.25, -0.2) is 4.39 Å². The highest BCUT2D eigenvalue weighted by Gasteiger charge is 2.39. The summed E-state index contributed by atoms with van der Waals surface area (Å²) >= 11 is 0. The largest absolute Gasteiger partial charge is 0.389 e. The number of rotatable bonds is 6. The molecule has 1 N–H and O–H groups in total. The van der Waals surface area contributed by atoms with E-state index in [1.165, 1.54) is 12.5 Å². The number of halogens is 1. The summed E-state index contributed by atoms with van der Waals surface area (Å²) in [5.74, 6) is 0.0452. The molecule has 1 aliphatic carbocycles. The average molecular weight is 293 g/mol. The first kappa shape index (κ1) is 16.4. The van der Waals surface area contributed by atoms with E-state index < -0.39 is 5.60 Å². The van der Waals surface area contributed by atoms with E-state index in [-0.39, 0.29) is 11.7 Å². The van der Waals surface area contributed by atoms with Crippen molar-refractivity contribution in [2.24, 2.45) is 5.92 Å². The fourth-order valence-electron chi connectivity index (χ4n) is 3.55. The molecule has 0 bridgehead atoms. The van der Waals surface area contributed by atoms with Crippen LogP contribution in [-0.4, -0.2) is 35.2 Å². The highest BCUT2D eigenvalue weighted by molar-refractivity contribution is 5.20. The highest BCUT2D eigenvalue weighted by atomic mass is 19.1. The number of aliphatic hydroxyl groups is 1. The monoisotopic (exact) mass is 293 g/mol. The van der Waals surface area contributed by atoms with Crippen LogP contribution in [0.1, 0.15) is 45.1 Å². The Morgan fingerprint density at radius 1 is 1.24 bits per heavy atom. The number of benzene rings is 1. The van der Waals surface area contributed by atoms with Crippen molar-refractivity contribution in [2.45, 2.75) is 51.6 Å². The summed E-state index contributed by atoms with van der Waals surface area (Å²) in [7, 11) is 0. The molecule has 0 heterocycles.